The fourth-order valence-corrected chi connectivity index (χ4v) is 2.38. The molecule has 0 bridgehead atoms. The Morgan fingerprint density at radius 3 is 3.00 bits per heavy atom. The summed E-state index contributed by atoms with van der Waals surface area (Å²) < 4.78 is 0. The highest BCUT2D eigenvalue weighted by Gasteiger charge is 2.30. The molecule has 0 spiro atoms. The number of hydrogen-bond donors (Lipinski definition) is 1. The van der Waals surface area contributed by atoms with Gasteiger partial charge in [0.25, 0.3) is 0 Å². The molecule has 2 N–H and O–H groups in total. The van der Waals surface area contributed by atoms with E-state index in [1.165, 1.54) is 0 Å². The van der Waals surface area contributed by atoms with E-state index < -0.39 is 0 Å². The summed E-state index contributed by atoms with van der Waals surface area (Å²) in [7, 11) is 1.95. The fraction of sp³-hybridized carbons (Fsp3) is 0.429. The summed E-state index contributed by atoms with van der Waals surface area (Å²) in [6.07, 6.45) is 0.859. The summed E-state index contributed by atoms with van der Waals surface area (Å²) in [5.41, 5.74) is 6.97. The summed E-state index contributed by atoms with van der Waals surface area (Å²) in [5, 5.41) is 8.93. The van der Waals surface area contributed by atoms with Crippen LogP contribution < -0.4 is 10.6 Å². The molecule has 1 aromatic carbocycles. The van der Waals surface area contributed by atoms with Gasteiger partial charge in [0.2, 0.25) is 5.91 Å². The molecule has 5 heteroatoms. The van der Waals surface area contributed by atoms with Crippen molar-refractivity contribution in [1.82, 2.24) is 4.90 Å². The van der Waals surface area contributed by atoms with Crippen LogP contribution in [0.5, 0.6) is 0 Å². The van der Waals surface area contributed by atoms with Gasteiger partial charge in [-0.2, -0.15) is 5.26 Å². The normalized spacial score (nSPS) is 20.4. The van der Waals surface area contributed by atoms with Gasteiger partial charge in [-0.25, -0.2) is 0 Å². The van der Waals surface area contributed by atoms with Gasteiger partial charge >= 0.3 is 0 Å². The average molecular weight is 258 g/mol. The Labute approximate surface area is 113 Å². The third kappa shape index (κ3) is 2.92. The molecule has 2 rings (SSSR count). The molecule has 1 fully saturated rings. The molecule has 1 aliphatic rings. The Kier molecular flexibility index (Phi) is 4.15. The van der Waals surface area contributed by atoms with E-state index in [0.29, 0.717) is 25.2 Å². The molecule has 0 saturated carbocycles. The maximum atomic E-state index is 12.1. The number of rotatable bonds is 3. The van der Waals surface area contributed by atoms with E-state index in [1.807, 2.05) is 18.0 Å². The van der Waals surface area contributed by atoms with Gasteiger partial charge in [-0.1, -0.05) is 6.07 Å². The number of carbonyl (C=O) groups is 1. The van der Waals surface area contributed by atoms with Gasteiger partial charge in [0, 0.05) is 18.3 Å². The van der Waals surface area contributed by atoms with E-state index in [-0.39, 0.29) is 11.9 Å². The lowest BCUT2D eigenvalue weighted by Gasteiger charge is -2.39. The first-order chi connectivity index (χ1) is 9.15. The second-order valence-corrected chi connectivity index (χ2v) is 4.81. The number of likely N-dealkylation sites (N-methyl/N-ethyl adjacent to an activating group) is 1. The van der Waals surface area contributed by atoms with E-state index in [1.54, 1.807) is 23.1 Å². The van der Waals surface area contributed by atoms with Crippen LogP contribution in [0.15, 0.2) is 24.3 Å². The molecule has 0 aromatic heterocycles. The SMILES string of the molecule is CN1CC(=O)N(c2cccc(C#N)c2)CC1CCN. The minimum atomic E-state index is 0.0610. The summed E-state index contributed by atoms with van der Waals surface area (Å²) in [6.45, 7) is 1.62. The fourth-order valence-electron chi connectivity index (χ4n) is 2.38. The molecule has 100 valence electrons. The van der Waals surface area contributed by atoms with Crippen LogP contribution in [-0.4, -0.2) is 43.5 Å². The number of amides is 1. The molecule has 0 aliphatic carbocycles. The van der Waals surface area contributed by atoms with Gasteiger partial charge in [-0.05, 0) is 38.2 Å². The average Bonchev–Trinajstić information content (AvgIpc) is 2.42. The molecule has 0 radical (unpaired) electrons. The van der Waals surface area contributed by atoms with Crippen LogP contribution in [0.25, 0.3) is 0 Å². The third-order valence-electron chi connectivity index (χ3n) is 3.49. The number of benzene rings is 1. The van der Waals surface area contributed by atoms with Crippen molar-refractivity contribution in [3.63, 3.8) is 0 Å². The lowest BCUT2D eigenvalue weighted by molar-refractivity contribution is -0.122. The Hall–Kier alpha value is -1.90. The van der Waals surface area contributed by atoms with Crippen LogP contribution >= 0.6 is 0 Å². The predicted octanol–water partition coefficient (Wildman–Crippen LogP) is 0.554. The standard InChI is InChI=1S/C14H18N4O/c1-17-10-14(19)18(9-13(17)5-6-15)12-4-2-3-11(7-12)8-16/h2-4,7,13H,5-6,9-10,15H2,1H3. The van der Waals surface area contributed by atoms with Crippen molar-refractivity contribution in [2.75, 3.05) is 31.6 Å². The van der Waals surface area contributed by atoms with Crippen molar-refractivity contribution in [3.05, 3.63) is 29.8 Å². The van der Waals surface area contributed by atoms with Crippen molar-refractivity contribution in [1.29, 1.82) is 5.26 Å². The Balaban J connectivity index is 2.22. The molecule has 1 saturated heterocycles. The zero-order valence-electron chi connectivity index (χ0n) is 11.0. The number of nitrogens with two attached hydrogens (primary N) is 1. The van der Waals surface area contributed by atoms with Crippen molar-refractivity contribution in [2.24, 2.45) is 5.73 Å². The minimum absolute atomic E-state index is 0.0610. The van der Waals surface area contributed by atoms with Gasteiger partial charge < -0.3 is 10.6 Å². The van der Waals surface area contributed by atoms with Crippen LogP contribution in [0.2, 0.25) is 0 Å². The van der Waals surface area contributed by atoms with E-state index in [0.717, 1.165) is 12.1 Å². The molecule has 1 aliphatic heterocycles. The predicted molar refractivity (Wildman–Crippen MR) is 73.6 cm³/mol. The van der Waals surface area contributed by atoms with Crippen molar-refractivity contribution < 1.29 is 4.79 Å². The first-order valence-corrected chi connectivity index (χ1v) is 6.36. The molecule has 1 heterocycles. The van der Waals surface area contributed by atoms with Gasteiger partial charge in [-0.3, -0.25) is 9.69 Å². The van der Waals surface area contributed by atoms with Crippen LogP contribution in [0, 0.1) is 11.3 Å². The quantitative estimate of drug-likeness (QED) is 0.859. The van der Waals surface area contributed by atoms with E-state index in [4.69, 9.17) is 11.0 Å². The van der Waals surface area contributed by atoms with E-state index >= 15 is 0 Å². The van der Waals surface area contributed by atoms with Crippen molar-refractivity contribution in [2.45, 2.75) is 12.5 Å². The van der Waals surface area contributed by atoms with E-state index in [9.17, 15) is 4.79 Å². The van der Waals surface area contributed by atoms with Crippen LogP contribution in [-0.2, 0) is 4.79 Å². The second kappa shape index (κ2) is 5.83. The maximum Gasteiger partial charge on any atom is 0.241 e. The molecule has 19 heavy (non-hydrogen) atoms. The number of nitriles is 1. The largest absolute Gasteiger partial charge is 0.330 e. The highest BCUT2D eigenvalue weighted by Crippen LogP contribution is 2.21. The monoisotopic (exact) mass is 258 g/mol. The van der Waals surface area contributed by atoms with Crippen molar-refractivity contribution in [3.8, 4) is 6.07 Å². The van der Waals surface area contributed by atoms with Crippen LogP contribution in [0.1, 0.15) is 12.0 Å². The lowest BCUT2D eigenvalue weighted by atomic mass is 10.1. The third-order valence-corrected chi connectivity index (χ3v) is 3.49. The Bertz CT molecular complexity index is 508. The molecular formula is C14H18N4O. The maximum absolute atomic E-state index is 12.1. The summed E-state index contributed by atoms with van der Waals surface area (Å²) in [5.74, 6) is 0.0610. The lowest BCUT2D eigenvalue weighted by Crippen LogP contribution is -2.55. The van der Waals surface area contributed by atoms with Crippen LogP contribution in [0.3, 0.4) is 0 Å². The highest BCUT2D eigenvalue weighted by atomic mass is 16.2. The zero-order valence-corrected chi connectivity index (χ0v) is 11.0. The molecular weight excluding hydrogens is 240 g/mol. The summed E-state index contributed by atoms with van der Waals surface area (Å²) >= 11 is 0. The van der Waals surface area contributed by atoms with Gasteiger partial charge in [0.05, 0.1) is 18.2 Å². The van der Waals surface area contributed by atoms with Crippen molar-refractivity contribution >= 4 is 11.6 Å². The summed E-state index contributed by atoms with van der Waals surface area (Å²) in [4.78, 5) is 15.9. The highest BCUT2D eigenvalue weighted by molar-refractivity contribution is 5.95. The Morgan fingerprint density at radius 1 is 1.53 bits per heavy atom. The second-order valence-electron chi connectivity index (χ2n) is 4.81. The zero-order chi connectivity index (χ0) is 13.8. The van der Waals surface area contributed by atoms with Crippen LogP contribution in [0.4, 0.5) is 5.69 Å². The molecule has 1 unspecified atom stereocenters. The molecule has 5 nitrogen and oxygen atoms in total. The summed E-state index contributed by atoms with van der Waals surface area (Å²) in [6, 6.07) is 9.53. The smallest absolute Gasteiger partial charge is 0.241 e. The number of nitrogens with zero attached hydrogens (tertiary/aromatic N) is 3. The first-order valence-electron chi connectivity index (χ1n) is 6.36. The van der Waals surface area contributed by atoms with E-state index in [2.05, 4.69) is 6.07 Å². The number of anilines is 1. The Morgan fingerprint density at radius 2 is 2.32 bits per heavy atom. The molecule has 1 atom stereocenters. The minimum Gasteiger partial charge on any atom is -0.330 e. The van der Waals surface area contributed by atoms with Gasteiger partial charge in [-0.15, -0.1) is 0 Å². The molecule has 1 aromatic rings. The number of hydrogen-bond acceptors (Lipinski definition) is 4. The van der Waals surface area contributed by atoms with Gasteiger partial charge in [0.1, 0.15) is 0 Å². The molecule has 1 amide bonds. The number of carbonyl (C=O) groups excluding carboxylic acids is 1. The van der Waals surface area contributed by atoms with Gasteiger partial charge in [0.15, 0.2) is 0 Å². The first kappa shape index (κ1) is 13.5. The number of piperazine rings is 1. The topological polar surface area (TPSA) is 73.4 Å².